The molecule has 0 radical (unpaired) electrons. The summed E-state index contributed by atoms with van der Waals surface area (Å²) in [5, 5.41) is 0.757. The van der Waals surface area contributed by atoms with Crippen molar-refractivity contribution in [3.63, 3.8) is 0 Å². The van der Waals surface area contributed by atoms with E-state index in [1.54, 1.807) is 48.5 Å². The minimum atomic E-state index is -0.722. The molecule has 0 N–H and O–H groups in total. The van der Waals surface area contributed by atoms with Crippen molar-refractivity contribution in [2.45, 2.75) is 6.54 Å². The van der Waals surface area contributed by atoms with Gasteiger partial charge in [-0.25, -0.2) is 13.8 Å². The molecule has 0 amide bonds. The van der Waals surface area contributed by atoms with Gasteiger partial charge in [-0.15, -0.1) is 0 Å². The lowest BCUT2D eigenvalue weighted by Gasteiger charge is -2.15. The number of fused-ring (bicyclic) bond motifs is 1. The van der Waals surface area contributed by atoms with Crippen LogP contribution < -0.4 is 5.56 Å². The first kappa shape index (κ1) is 17.4. The van der Waals surface area contributed by atoms with Crippen molar-refractivity contribution in [2.75, 3.05) is 0 Å². The summed E-state index contributed by atoms with van der Waals surface area (Å²) in [5.74, 6) is -1.19. The molecular weight excluding hydrogens is 370 g/mol. The molecule has 1 aromatic heterocycles. The van der Waals surface area contributed by atoms with Gasteiger partial charge in [0.1, 0.15) is 17.5 Å². The number of para-hydroxylation sites is 1. The number of rotatable bonds is 3. The molecule has 0 unspecified atom stereocenters. The van der Waals surface area contributed by atoms with E-state index in [1.807, 2.05) is 0 Å². The molecule has 0 aliphatic heterocycles. The molecule has 0 aliphatic rings. The van der Waals surface area contributed by atoms with Crippen molar-refractivity contribution in [1.82, 2.24) is 9.55 Å². The Balaban J connectivity index is 2.03. The van der Waals surface area contributed by atoms with Crippen molar-refractivity contribution < 1.29 is 8.78 Å². The standard InChI is InChI=1S/C21H13ClF2N2O/c22-16-8-3-1-6-13(16)20-25-19-11-4-2-7-14(19)21(27)26(20)12-15-17(23)9-5-10-18(15)24/h1-11H,12H2. The Hall–Kier alpha value is -3.05. The molecule has 3 nitrogen and oxygen atoms in total. The zero-order chi connectivity index (χ0) is 19.0. The predicted octanol–water partition coefficient (Wildman–Crippen LogP) is 5.04. The molecule has 4 aromatic rings. The van der Waals surface area contributed by atoms with Crippen molar-refractivity contribution in [1.29, 1.82) is 0 Å². The van der Waals surface area contributed by atoms with Gasteiger partial charge in [-0.1, -0.05) is 41.9 Å². The third-order valence-electron chi connectivity index (χ3n) is 4.35. The SMILES string of the molecule is O=c1c2ccccc2nc(-c2ccccc2Cl)n1Cc1c(F)cccc1F. The maximum atomic E-state index is 14.2. The Morgan fingerprint density at radius 1 is 0.889 bits per heavy atom. The second-order valence-electron chi connectivity index (χ2n) is 6.02. The van der Waals surface area contributed by atoms with Gasteiger partial charge in [-0.2, -0.15) is 0 Å². The Morgan fingerprint density at radius 3 is 2.30 bits per heavy atom. The second-order valence-corrected chi connectivity index (χ2v) is 6.43. The second kappa shape index (κ2) is 6.93. The van der Waals surface area contributed by atoms with Crippen LogP contribution in [0.4, 0.5) is 8.78 Å². The summed E-state index contributed by atoms with van der Waals surface area (Å²) in [6.45, 7) is -0.296. The highest BCUT2D eigenvalue weighted by Gasteiger charge is 2.18. The van der Waals surface area contributed by atoms with Gasteiger partial charge in [0.15, 0.2) is 0 Å². The molecule has 0 aliphatic carbocycles. The Labute approximate surface area is 158 Å². The van der Waals surface area contributed by atoms with E-state index >= 15 is 0 Å². The van der Waals surface area contributed by atoms with Gasteiger partial charge in [-0.05, 0) is 36.4 Å². The maximum Gasteiger partial charge on any atom is 0.261 e. The first-order chi connectivity index (χ1) is 13.1. The Morgan fingerprint density at radius 2 is 1.56 bits per heavy atom. The fourth-order valence-corrected chi connectivity index (χ4v) is 3.22. The quantitative estimate of drug-likeness (QED) is 0.497. The third-order valence-corrected chi connectivity index (χ3v) is 4.68. The molecule has 0 bridgehead atoms. The fraction of sp³-hybridized carbons (Fsp3) is 0.0476. The highest BCUT2D eigenvalue weighted by molar-refractivity contribution is 6.33. The van der Waals surface area contributed by atoms with E-state index < -0.39 is 17.2 Å². The van der Waals surface area contributed by atoms with E-state index in [9.17, 15) is 13.6 Å². The largest absolute Gasteiger partial charge is 0.287 e. The van der Waals surface area contributed by atoms with Crippen molar-refractivity contribution in [3.05, 3.63) is 99.3 Å². The minimum Gasteiger partial charge on any atom is -0.287 e. The lowest BCUT2D eigenvalue weighted by Crippen LogP contribution is -2.25. The molecule has 0 spiro atoms. The van der Waals surface area contributed by atoms with E-state index in [0.717, 1.165) is 12.1 Å². The number of benzene rings is 3. The molecule has 134 valence electrons. The average molecular weight is 383 g/mol. The summed E-state index contributed by atoms with van der Waals surface area (Å²) in [7, 11) is 0. The number of nitrogens with zero attached hydrogens (tertiary/aromatic N) is 2. The van der Waals surface area contributed by atoms with Gasteiger partial charge in [-0.3, -0.25) is 9.36 Å². The normalized spacial score (nSPS) is 11.1. The van der Waals surface area contributed by atoms with Crippen molar-refractivity contribution in [3.8, 4) is 11.4 Å². The predicted molar refractivity (Wildman–Crippen MR) is 102 cm³/mol. The molecule has 1 heterocycles. The van der Waals surface area contributed by atoms with Gasteiger partial charge in [0, 0.05) is 11.1 Å². The molecule has 0 atom stereocenters. The van der Waals surface area contributed by atoms with Crippen LogP contribution in [-0.4, -0.2) is 9.55 Å². The smallest absolute Gasteiger partial charge is 0.261 e. The van der Waals surface area contributed by atoms with Gasteiger partial charge in [0.25, 0.3) is 5.56 Å². The first-order valence-corrected chi connectivity index (χ1v) is 8.61. The topological polar surface area (TPSA) is 34.9 Å². The Kier molecular flexibility index (Phi) is 4.46. The van der Waals surface area contributed by atoms with Crippen LogP contribution in [0.15, 0.2) is 71.5 Å². The Bertz CT molecular complexity index is 1200. The van der Waals surface area contributed by atoms with Gasteiger partial charge in [0.05, 0.1) is 22.5 Å². The molecule has 6 heteroatoms. The zero-order valence-electron chi connectivity index (χ0n) is 14.0. The highest BCUT2D eigenvalue weighted by Crippen LogP contribution is 2.27. The third kappa shape index (κ3) is 3.11. The van der Waals surface area contributed by atoms with E-state index in [4.69, 9.17) is 11.6 Å². The number of hydrogen-bond acceptors (Lipinski definition) is 2. The summed E-state index contributed by atoms with van der Waals surface area (Å²) in [6.07, 6.45) is 0. The van der Waals surface area contributed by atoms with Crippen LogP contribution in [0.5, 0.6) is 0 Å². The fourth-order valence-electron chi connectivity index (χ4n) is 3.00. The van der Waals surface area contributed by atoms with Crippen LogP contribution in [0.3, 0.4) is 0 Å². The van der Waals surface area contributed by atoms with Crippen LogP contribution >= 0.6 is 11.6 Å². The van der Waals surface area contributed by atoms with E-state index in [2.05, 4.69) is 4.98 Å². The molecule has 0 fully saturated rings. The lowest BCUT2D eigenvalue weighted by molar-refractivity contribution is 0.542. The van der Waals surface area contributed by atoms with E-state index in [1.165, 1.54) is 10.6 Å². The summed E-state index contributed by atoms with van der Waals surface area (Å²) in [4.78, 5) is 17.7. The zero-order valence-corrected chi connectivity index (χ0v) is 14.8. The molecule has 0 saturated heterocycles. The van der Waals surface area contributed by atoms with Crippen molar-refractivity contribution in [2.24, 2.45) is 0 Å². The average Bonchev–Trinajstić information content (AvgIpc) is 2.67. The molecule has 0 saturated carbocycles. The lowest BCUT2D eigenvalue weighted by atomic mass is 10.1. The van der Waals surface area contributed by atoms with E-state index in [-0.39, 0.29) is 17.9 Å². The summed E-state index contributed by atoms with van der Waals surface area (Å²) in [6, 6.07) is 17.3. The number of halogens is 3. The molecule has 3 aromatic carbocycles. The summed E-state index contributed by atoms with van der Waals surface area (Å²) in [5.41, 5.74) is 0.407. The molecular formula is C21H13ClF2N2O. The summed E-state index contributed by atoms with van der Waals surface area (Å²) < 4.78 is 29.6. The van der Waals surface area contributed by atoms with Gasteiger partial charge < -0.3 is 0 Å². The number of aromatic nitrogens is 2. The minimum absolute atomic E-state index is 0.204. The van der Waals surface area contributed by atoms with Gasteiger partial charge in [0.2, 0.25) is 0 Å². The monoisotopic (exact) mass is 382 g/mol. The van der Waals surface area contributed by atoms with Crippen LogP contribution in [0, 0.1) is 11.6 Å². The summed E-state index contributed by atoms with van der Waals surface area (Å²) >= 11 is 6.30. The van der Waals surface area contributed by atoms with E-state index in [0.29, 0.717) is 21.5 Å². The molecule has 4 rings (SSSR count). The van der Waals surface area contributed by atoms with Crippen LogP contribution in [0.25, 0.3) is 22.3 Å². The first-order valence-electron chi connectivity index (χ1n) is 8.23. The molecule has 27 heavy (non-hydrogen) atoms. The van der Waals surface area contributed by atoms with Crippen molar-refractivity contribution >= 4 is 22.5 Å². The van der Waals surface area contributed by atoms with Crippen LogP contribution in [-0.2, 0) is 6.54 Å². The van der Waals surface area contributed by atoms with Crippen LogP contribution in [0.2, 0.25) is 5.02 Å². The maximum absolute atomic E-state index is 14.2. The van der Waals surface area contributed by atoms with Crippen LogP contribution in [0.1, 0.15) is 5.56 Å². The number of hydrogen-bond donors (Lipinski definition) is 0. The van der Waals surface area contributed by atoms with Gasteiger partial charge >= 0.3 is 0 Å². The highest BCUT2D eigenvalue weighted by atomic mass is 35.5.